The summed E-state index contributed by atoms with van der Waals surface area (Å²) in [5, 5.41) is 3.80. The molecule has 3 aromatic rings. The molecule has 4 nitrogen and oxygen atoms in total. The summed E-state index contributed by atoms with van der Waals surface area (Å²) in [6.45, 7) is 1.89. The van der Waals surface area contributed by atoms with E-state index in [0.29, 0.717) is 11.3 Å². The molecule has 4 heteroatoms. The van der Waals surface area contributed by atoms with Crippen molar-refractivity contribution in [3.05, 3.63) is 66.2 Å². The zero-order valence-corrected chi connectivity index (χ0v) is 11.0. The van der Waals surface area contributed by atoms with Gasteiger partial charge >= 0.3 is 0 Å². The number of amides is 1. The fourth-order valence-electron chi connectivity index (χ4n) is 2.07. The van der Waals surface area contributed by atoms with E-state index in [2.05, 4.69) is 10.3 Å². The van der Waals surface area contributed by atoms with Crippen LogP contribution in [-0.2, 0) is 0 Å². The molecule has 1 atom stereocenters. The highest BCUT2D eigenvalue weighted by Gasteiger charge is 2.15. The average Bonchev–Trinajstić information content (AvgIpc) is 2.92. The van der Waals surface area contributed by atoms with Crippen molar-refractivity contribution in [3.8, 4) is 0 Å². The second-order valence-corrected chi connectivity index (χ2v) is 4.60. The molecular weight excluding hydrogens is 252 g/mol. The van der Waals surface area contributed by atoms with Gasteiger partial charge in [-0.15, -0.1) is 0 Å². The summed E-state index contributed by atoms with van der Waals surface area (Å²) in [6, 6.07) is 14.7. The van der Waals surface area contributed by atoms with Crippen molar-refractivity contribution < 1.29 is 9.21 Å². The van der Waals surface area contributed by atoms with E-state index in [1.165, 1.54) is 0 Å². The van der Waals surface area contributed by atoms with Gasteiger partial charge in [0.25, 0.3) is 5.91 Å². The quantitative estimate of drug-likeness (QED) is 0.791. The standard InChI is InChI=1S/C16H14N2O2/c1-11(13-7-4-5-9-17-13)18-16(19)15-10-12-6-2-3-8-14(12)20-15/h2-11H,1H3,(H,18,19). The van der Waals surface area contributed by atoms with Crippen molar-refractivity contribution in [3.63, 3.8) is 0 Å². The third-order valence-electron chi connectivity index (χ3n) is 3.13. The van der Waals surface area contributed by atoms with Gasteiger partial charge in [0.15, 0.2) is 5.76 Å². The molecule has 0 bridgehead atoms. The van der Waals surface area contributed by atoms with Crippen molar-refractivity contribution in [2.75, 3.05) is 0 Å². The van der Waals surface area contributed by atoms with Crippen molar-refractivity contribution in [2.24, 2.45) is 0 Å². The van der Waals surface area contributed by atoms with Gasteiger partial charge in [0, 0.05) is 11.6 Å². The van der Waals surface area contributed by atoms with Gasteiger partial charge < -0.3 is 9.73 Å². The smallest absolute Gasteiger partial charge is 0.287 e. The maximum atomic E-state index is 12.2. The van der Waals surface area contributed by atoms with Crippen LogP contribution in [0, 0.1) is 0 Å². The number of nitrogens with zero attached hydrogens (tertiary/aromatic N) is 1. The molecule has 2 heterocycles. The van der Waals surface area contributed by atoms with Crippen LogP contribution >= 0.6 is 0 Å². The van der Waals surface area contributed by atoms with Crippen LogP contribution in [0.1, 0.15) is 29.2 Å². The summed E-state index contributed by atoms with van der Waals surface area (Å²) in [5.74, 6) is 0.0772. The summed E-state index contributed by atoms with van der Waals surface area (Å²) in [4.78, 5) is 16.4. The maximum absolute atomic E-state index is 12.2. The molecule has 0 aliphatic carbocycles. The first-order chi connectivity index (χ1) is 9.74. The molecule has 0 radical (unpaired) electrons. The lowest BCUT2D eigenvalue weighted by molar-refractivity contribution is 0.0913. The molecule has 1 amide bonds. The lowest BCUT2D eigenvalue weighted by Crippen LogP contribution is -2.26. The van der Waals surface area contributed by atoms with E-state index >= 15 is 0 Å². The third-order valence-corrected chi connectivity index (χ3v) is 3.13. The van der Waals surface area contributed by atoms with Crippen LogP contribution in [0.25, 0.3) is 11.0 Å². The average molecular weight is 266 g/mol. The third kappa shape index (κ3) is 2.40. The highest BCUT2D eigenvalue weighted by Crippen LogP contribution is 2.19. The molecule has 1 N–H and O–H groups in total. The lowest BCUT2D eigenvalue weighted by Gasteiger charge is -2.11. The zero-order chi connectivity index (χ0) is 13.9. The number of fused-ring (bicyclic) bond motifs is 1. The first-order valence-electron chi connectivity index (χ1n) is 6.44. The Morgan fingerprint density at radius 3 is 2.75 bits per heavy atom. The van der Waals surface area contributed by atoms with Crippen LogP contribution in [0.3, 0.4) is 0 Å². The van der Waals surface area contributed by atoms with E-state index in [0.717, 1.165) is 11.1 Å². The fraction of sp³-hybridized carbons (Fsp3) is 0.125. The SMILES string of the molecule is CC(NC(=O)c1cc2ccccc2o1)c1ccccn1. The summed E-state index contributed by atoms with van der Waals surface area (Å²) < 4.78 is 5.53. The summed E-state index contributed by atoms with van der Waals surface area (Å²) >= 11 is 0. The fourth-order valence-corrected chi connectivity index (χ4v) is 2.07. The molecular formula is C16H14N2O2. The second-order valence-electron chi connectivity index (χ2n) is 4.60. The van der Waals surface area contributed by atoms with Gasteiger partial charge in [-0.2, -0.15) is 0 Å². The number of rotatable bonds is 3. The summed E-state index contributed by atoms with van der Waals surface area (Å²) in [6.07, 6.45) is 1.71. The van der Waals surface area contributed by atoms with Gasteiger partial charge in [-0.1, -0.05) is 24.3 Å². The normalized spacial score (nSPS) is 12.2. The van der Waals surface area contributed by atoms with Gasteiger partial charge in [0.2, 0.25) is 0 Å². The van der Waals surface area contributed by atoms with Crippen LogP contribution in [0.5, 0.6) is 0 Å². The first kappa shape index (κ1) is 12.4. The molecule has 100 valence electrons. The van der Waals surface area contributed by atoms with Gasteiger partial charge in [-0.3, -0.25) is 9.78 Å². The Kier molecular flexibility index (Phi) is 3.21. The van der Waals surface area contributed by atoms with Gasteiger partial charge in [-0.05, 0) is 31.2 Å². The lowest BCUT2D eigenvalue weighted by atomic mass is 10.2. The molecule has 2 aromatic heterocycles. The predicted molar refractivity (Wildman–Crippen MR) is 76.3 cm³/mol. The topological polar surface area (TPSA) is 55.1 Å². The molecule has 20 heavy (non-hydrogen) atoms. The number of furan rings is 1. The van der Waals surface area contributed by atoms with Crippen molar-refractivity contribution in [1.82, 2.24) is 10.3 Å². The molecule has 1 aromatic carbocycles. The van der Waals surface area contributed by atoms with E-state index in [1.54, 1.807) is 12.3 Å². The highest BCUT2D eigenvalue weighted by atomic mass is 16.3. The number of nitrogens with one attached hydrogen (secondary N) is 1. The summed E-state index contributed by atoms with van der Waals surface area (Å²) in [5.41, 5.74) is 1.53. The molecule has 0 saturated carbocycles. The van der Waals surface area contributed by atoms with Gasteiger partial charge in [0.1, 0.15) is 5.58 Å². The molecule has 1 unspecified atom stereocenters. The van der Waals surface area contributed by atoms with Crippen LogP contribution < -0.4 is 5.32 Å². The molecule has 3 rings (SSSR count). The van der Waals surface area contributed by atoms with E-state index < -0.39 is 0 Å². The number of hydrogen-bond donors (Lipinski definition) is 1. The Morgan fingerprint density at radius 2 is 2.00 bits per heavy atom. The minimum absolute atomic E-state index is 0.170. The van der Waals surface area contributed by atoms with E-state index in [1.807, 2.05) is 49.4 Å². The Labute approximate surface area is 116 Å². The van der Waals surface area contributed by atoms with E-state index in [9.17, 15) is 4.79 Å². The number of para-hydroxylation sites is 1. The molecule has 0 fully saturated rings. The van der Waals surface area contributed by atoms with E-state index in [-0.39, 0.29) is 11.9 Å². The number of pyridine rings is 1. The Balaban J connectivity index is 1.79. The Morgan fingerprint density at radius 1 is 1.20 bits per heavy atom. The zero-order valence-electron chi connectivity index (χ0n) is 11.0. The van der Waals surface area contributed by atoms with Crippen molar-refractivity contribution >= 4 is 16.9 Å². The van der Waals surface area contributed by atoms with Gasteiger partial charge in [-0.25, -0.2) is 0 Å². The molecule has 0 spiro atoms. The molecule has 0 aliphatic heterocycles. The van der Waals surface area contributed by atoms with Gasteiger partial charge in [0.05, 0.1) is 11.7 Å². The minimum Gasteiger partial charge on any atom is -0.451 e. The number of benzene rings is 1. The largest absolute Gasteiger partial charge is 0.451 e. The number of carbonyl (C=O) groups is 1. The van der Waals surface area contributed by atoms with E-state index in [4.69, 9.17) is 4.42 Å². The van der Waals surface area contributed by atoms with Crippen molar-refractivity contribution in [1.29, 1.82) is 0 Å². The monoisotopic (exact) mass is 266 g/mol. The number of hydrogen-bond acceptors (Lipinski definition) is 3. The Bertz CT molecular complexity index is 701. The first-order valence-corrected chi connectivity index (χ1v) is 6.44. The highest BCUT2D eigenvalue weighted by molar-refractivity contribution is 5.96. The van der Waals surface area contributed by atoms with Crippen LogP contribution in [0.4, 0.5) is 0 Å². The Hall–Kier alpha value is -2.62. The van der Waals surface area contributed by atoms with Crippen LogP contribution in [0.2, 0.25) is 0 Å². The maximum Gasteiger partial charge on any atom is 0.287 e. The van der Waals surface area contributed by atoms with Crippen LogP contribution in [0.15, 0.2) is 59.1 Å². The molecule has 0 saturated heterocycles. The second kappa shape index (κ2) is 5.17. The molecule has 0 aliphatic rings. The number of carbonyl (C=O) groups excluding carboxylic acids is 1. The minimum atomic E-state index is -0.237. The van der Waals surface area contributed by atoms with Crippen LogP contribution in [-0.4, -0.2) is 10.9 Å². The number of aromatic nitrogens is 1. The predicted octanol–water partition coefficient (Wildman–Crippen LogP) is 3.32. The summed E-state index contributed by atoms with van der Waals surface area (Å²) in [7, 11) is 0. The van der Waals surface area contributed by atoms with Crippen molar-refractivity contribution in [2.45, 2.75) is 13.0 Å².